The Balaban J connectivity index is 1.51. The molecule has 0 unspecified atom stereocenters. The molecule has 2 heterocycles. The zero-order chi connectivity index (χ0) is 18.0. The number of thiazole rings is 2. The van der Waals surface area contributed by atoms with E-state index in [-0.39, 0.29) is 0 Å². The monoisotopic (exact) mass is 386 g/mol. The lowest BCUT2D eigenvalue weighted by molar-refractivity contribution is 0.884. The van der Waals surface area contributed by atoms with Gasteiger partial charge in [-0.05, 0) is 43.7 Å². The Morgan fingerprint density at radius 1 is 0.704 bits per heavy atom. The number of hydrogen-bond donors (Lipinski definition) is 0. The van der Waals surface area contributed by atoms with Gasteiger partial charge in [-0.3, -0.25) is 0 Å². The van der Waals surface area contributed by atoms with E-state index < -0.39 is 0 Å². The van der Waals surface area contributed by atoms with Gasteiger partial charge < -0.3 is 0 Å². The molecule has 0 aliphatic heterocycles. The first kappa shape index (κ1) is 15.7. The highest BCUT2D eigenvalue weighted by Gasteiger charge is 2.28. The van der Waals surface area contributed by atoms with Gasteiger partial charge in [-0.15, -0.1) is 22.7 Å². The van der Waals surface area contributed by atoms with Crippen molar-refractivity contribution in [2.45, 2.75) is 32.6 Å². The molecule has 4 aromatic rings. The van der Waals surface area contributed by atoms with Gasteiger partial charge in [-0.25, -0.2) is 9.97 Å². The molecular formula is C23H18N2S2. The van der Waals surface area contributed by atoms with Crippen molar-refractivity contribution in [3.63, 3.8) is 0 Å². The third-order valence-corrected chi connectivity index (χ3v) is 7.86. The molecule has 2 aliphatic carbocycles. The average molecular weight is 387 g/mol. The summed E-state index contributed by atoms with van der Waals surface area (Å²) in [5.41, 5.74) is 9.41. The van der Waals surface area contributed by atoms with Crippen LogP contribution in [0.3, 0.4) is 0 Å². The van der Waals surface area contributed by atoms with Crippen LogP contribution in [0.15, 0.2) is 42.5 Å². The fraction of sp³-hybridized carbons (Fsp3) is 0.217. The van der Waals surface area contributed by atoms with Gasteiger partial charge in [0.1, 0.15) is 5.01 Å². The highest BCUT2D eigenvalue weighted by atomic mass is 32.1. The van der Waals surface area contributed by atoms with E-state index in [0.717, 1.165) is 30.7 Å². The largest absolute Gasteiger partial charge is 0.241 e. The van der Waals surface area contributed by atoms with Gasteiger partial charge in [-0.2, -0.15) is 0 Å². The Morgan fingerprint density at radius 2 is 1.33 bits per heavy atom. The molecule has 0 spiro atoms. The predicted octanol–water partition coefficient (Wildman–Crippen LogP) is 6.11. The molecule has 0 amide bonds. The van der Waals surface area contributed by atoms with Crippen molar-refractivity contribution in [3.8, 4) is 33.1 Å². The van der Waals surface area contributed by atoms with E-state index in [2.05, 4.69) is 49.4 Å². The second kappa shape index (κ2) is 5.85. The summed E-state index contributed by atoms with van der Waals surface area (Å²) in [6.45, 7) is 2.12. The molecule has 2 aromatic heterocycles. The van der Waals surface area contributed by atoms with E-state index in [1.807, 2.05) is 22.7 Å². The van der Waals surface area contributed by atoms with Crippen LogP contribution in [0.5, 0.6) is 0 Å². The number of nitrogens with zero attached hydrogens (tertiary/aromatic N) is 2. The van der Waals surface area contributed by atoms with E-state index in [1.165, 1.54) is 54.0 Å². The van der Waals surface area contributed by atoms with Crippen LogP contribution < -0.4 is 0 Å². The molecule has 0 fully saturated rings. The SMILES string of the molecule is Cc1nc2c(s1)CCc1c-2ccc2c1CCc1sc(-c3ccccc3)nc1-2. The third-order valence-electron chi connectivity index (χ3n) is 5.67. The lowest BCUT2D eigenvalue weighted by Gasteiger charge is -2.24. The first-order chi connectivity index (χ1) is 13.3. The predicted molar refractivity (Wildman–Crippen MR) is 114 cm³/mol. The molecule has 2 aliphatic rings. The van der Waals surface area contributed by atoms with Crippen LogP contribution in [-0.2, 0) is 25.7 Å². The highest BCUT2D eigenvalue weighted by molar-refractivity contribution is 7.15. The van der Waals surface area contributed by atoms with Gasteiger partial charge in [0.05, 0.1) is 16.4 Å². The third kappa shape index (κ3) is 2.36. The van der Waals surface area contributed by atoms with Gasteiger partial charge >= 0.3 is 0 Å². The summed E-state index contributed by atoms with van der Waals surface area (Å²) in [5, 5.41) is 2.32. The minimum Gasteiger partial charge on any atom is -0.241 e. The van der Waals surface area contributed by atoms with Gasteiger partial charge in [0, 0.05) is 26.4 Å². The van der Waals surface area contributed by atoms with E-state index in [4.69, 9.17) is 9.97 Å². The van der Waals surface area contributed by atoms with Crippen molar-refractivity contribution in [3.05, 3.63) is 68.4 Å². The molecule has 6 rings (SSSR count). The summed E-state index contributed by atoms with van der Waals surface area (Å²) < 4.78 is 0. The lowest BCUT2D eigenvalue weighted by Crippen LogP contribution is -2.11. The minimum absolute atomic E-state index is 1.10. The van der Waals surface area contributed by atoms with Crippen molar-refractivity contribution in [1.29, 1.82) is 0 Å². The summed E-state index contributed by atoms with van der Waals surface area (Å²) in [7, 11) is 0. The number of hydrogen-bond acceptors (Lipinski definition) is 4. The maximum Gasteiger partial charge on any atom is 0.124 e. The number of fused-ring (bicyclic) bond motifs is 7. The van der Waals surface area contributed by atoms with Crippen LogP contribution in [0.1, 0.15) is 25.9 Å². The quantitative estimate of drug-likeness (QED) is 0.395. The van der Waals surface area contributed by atoms with Gasteiger partial charge in [0.2, 0.25) is 0 Å². The van der Waals surface area contributed by atoms with E-state index in [0.29, 0.717) is 0 Å². The minimum atomic E-state index is 1.10. The molecule has 0 saturated carbocycles. The topological polar surface area (TPSA) is 25.8 Å². The van der Waals surface area contributed by atoms with Gasteiger partial charge in [0.15, 0.2) is 0 Å². The second-order valence-corrected chi connectivity index (χ2v) is 9.65. The number of aryl methyl sites for hydroxylation is 3. The van der Waals surface area contributed by atoms with E-state index >= 15 is 0 Å². The fourth-order valence-corrected chi connectivity index (χ4v) is 6.50. The summed E-state index contributed by atoms with van der Waals surface area (Å²) in [4.78, 5) is 12.8. The molecule has 0 saturated heterocycles. The fourth-order valence-electron chi connectivity index (χ4n) is 4.47. The van der Waals surface area contributed by atoms with Crippen molar-refractivity contribution in [1.82, 2.24) is 9.97 Å². The average Bonchev–Trinajstić information content (AvgIpc) is 3.31. The standard InChI is InChI=1S/C23H18N2S2/c1-13-24-21-17-7-8-18-16(15(17)9-11-19(21)26-13)10-12-20-22(18)25-23(27-20)14-5-3-2-4-6-14/h2-8H,9-12H2,1H3. The summed E-state index contributed by atoms with van der Waals surface area (Å²) in [6.07, 6.45) is 4.49. The van der Waals surface area contributed by atoms with E-state index in [9.17, 15) is 0 Å². The summed E-state index contributed by atoms with van der Waals surface area (Å²) in [5.74, 6) is 0. The van der Waals surface area contributed by atoms with Crippen molar-refractivity contribution >= 4 is 22.7 Å². The van der Waals surface area contributed by atoms with Gasteiger partial charge in [-0.1, -0.05) is 42.5 Å². The van der Waals surface area contributed by atoms with Crippen molar-refractivity contribution in [2.75, 3.05) is 0 Å². The Kier molecular flexibility index (Phi) is 3.41. The number of aromatic nitrogens is 2. The molecule has 132 valence electrons. The van der Waals surface area contributed by atoms with Crippen LogP contribution in [0.2, 0.25) is 0 Å². The van der Waals surface area contributed by atoms with Crippen LogP contribution in [0.4, 0.5) is 0 Å². The van der Waals surface area contributed by atoms with E-state index in [1.54, 1.807) is 0 Å². The lowest BCUT2D eigenvalue weighted by atomic mass is 9.82. The molecule has 4 heteroatoms. The van der Waals surface area contributed by atoms with Crippen LogP contribution in [0.25, 0.3) is 33.1 Å². The molecule has 0 N–H and O–H groups in total. The van der Waals surface area contributed by atoms with Crippen LogP contribution >= 0.6 is 22.7 Å². The zero-order valence-electron chi connectivity index (χ0n) is 15.1. The molecule has 0 atom stereocenters. The molecule has 2 aromatic carbocycles. The second-order valence-electron chi connectivity index (χ2n) is 7.28. The zero-order valence-corrected chi connectivity index (χ0v) is 16.7. The summed E-state index contributed by atoms with van der Waals surface area (Å²) >= 11 is 3.72. The molecule has 27 heavy (non-hydrogen) atoms. The summed E-state index contributed by atoms with van der Waals surface area (Å²) in [6, 6.07) is 15.1. The Bertz CT molecular complexity index is 1180. The van der Waals surface area contributed by atoms with Crippen molar-refractivity contribution in [2.24, 2.45) is 0 Å². The Morgan fingerprint density at radius 3 is 2.04 bits per heavy atom. The first-order valence-electron chi connectivity index (χ1n) is 9.45. The Labute approximate surface area is 166 Å². The number of rotatable bonds is 1. The normalized spacial score (nSPS) is 14.3. The number of benzene rings is 2. The van der Waals surface area contributed by atoms with Crippen LogP contribution in [-0.4, -0.2) is 9.97 Å². The molecule has 0 radical (unpaired) electrons. The first-order valence-corrected chi connectivity index (χ1v) is 11.1. The maximum atomic E-state index is 5.06. The smallest absolute Gasteiger partial charge is 0.124 e. The molecule has 0 bridgehead atoms. The molecular weight excluding hydrogens is 368 g/mol. The van der Waals surface area contributed by atoms with Gasteiger partial charge in [0.25, 0.3) is 0 Å². The van der Waals surface area contributed by atoms with Crippen LogP contribution in [0, 0.1) is 6.92 Å². The maximum absolute atomic E-state index is 5.06. The molecule has 2 nitrogen and oxygen atoms in total. The Hall–Kier alpha value is -2.30. The highest BCUT2D eigenvalue weighted by Crippen LogP contribution is 2.45. The van der Waals surface area contributed by atoms with Crippen molar-refractivity contribution < 1.29 is 0 Å².